The van der Waals surface area contributed by atoms with Crippen LogP contribution < -0.4 is 31.7 Å². The largest absolute Gasteiger partial charge is 0.497 e. The van der Waals surface area contributed by atoms with Gasteiger partial charge in [0, 0.05) is 49.0 Å². The maximum atomic E-state index is 12.8. The lowest BCUT2D eigenvalue weighted by atomic mass is 10.1. The molecular weight excluding hydrogens is 394 g/mol. The number of nitrogens with one attached hydrogen (secondary N) is 1. The lowest BCUT2D eigenvalue weighted by Gasteiger charge is -2.22. The van der Waals surface area contributed by atoms with E-state index in [2.05, 4.69) is 9.88 Å². The van der Waals surface area contributed by atoms with Crippen molar-refractivity contribution in [1.29, 1.82) is 0 Å². The SMILES string of the molecule is COc1cccc(N(N)/C=C(\N)c2cccc3c(=O)cc(N4CCCOCC4)[nH]c23)c1. The van der Waals surface area contributed by atoms with Crippen LogP contribution in [0.3, 0.4) is 0 Å². The van der Waals surface area contributed by atoms with Crippen LogP contribution in [0.5, 0.6) is 5.75 Å². The van der Waals surface area contributed by atoms with Crippen LogP contribution >= 0.6 is 0 Å². The highest BCUT2D eigenvalue weighted by Crippen LogP contribution is 2.24. The number of nitrogens with zero attached hydrogens (tertiary/aromatic N) is 2. The number of fused-ring (bicyclic) bond motifs is 1. The summed E-state index contributed by atoms with van der Waals surface area (Å²) in [7, 11) is 1.60. The molecule has 2 aromatic carbocycles. The number of hydrogen-bond acceptors (Lipinski definition) is 7. The number of aromatic nitrogens is 1. The first-order valence-corrected chi connectivity index (χ1v) is 10.2. The molecule has 0 radical (unpaired) electrons. The van der Waals surface area contributed by atoms with Gasteiger partial charge in [0.25, 0.3) is 0 Å². The highest BCUT2D eigenvalue weighted by molar-refractivity contribution is 5.91. The molecule has 1 aliphatic heterocycles. The topological polar surface area (TPSA) is 110 Å². The summed E-state index contributed by atoms with van der Waals surface area (Å²) in [6.45, 7) is 2.90. The molecule has 0 amide bonds. The number of benzene rings is 2. The number of nitrogens with two attached hydrogens (primary N) is 2. The van der Waals surface area contributed by atoms with E-state index in [0.717, 1.165) is 37.6 Å². The summed E-state index contributed by atoms with van der Waals surface area (Å²) in [5.74, 6) is 7.68. The quantitative estimate of drug-likeness (QED) is 0.429. The first-order valence-electron chi connectivity index (χ1n) is 10.2. The predicted octanol–water partition coefficient (Wildman–Crippen LogP) is 2.40. The van der Waals surface area contributed by atoms with Gasteiger partial charge in [-0.15, -0.1) is 0 Å². The Balaban J connectivity index is 1.73. The number of anilines is 2. The monoisotopic (exact) mass is 421 g/mol. The van der Waals surface area contributed by atoms with E-state index in [9.17, 15) is 4.79 Å². The molecule has 31 heavy (non-hydrogen) atoms. The standard InChI is InChI=1S/C23H27N5O3/c1-30-17-6-2-5-16(13-17)28(25)15-20(24)18-7-3-8-19-21(29)14-22(26-23(18)19)27-9-4-11-31-12-10-27/h2-3,5-8,13-15H,4,9-12,24-25H2,1H3,(H,26,29)/b20-15-. The minimum atomic E-state index is -0.0547. The van der Waals surface area contributed by atoms with Crippen LogP contribution in [-0.2, 0) is 4.74 Å². The molecule has 0 atom stereocenters. The van der Waals surface area contributed by atoms with Gasteiger partial charge in [0.2, 0.25) is 0 Å². The van der Waals surface area contributed by atoms with Crippen molar-refractivity contribution in [2.45, 2.75) is 6.42 Å². The molecule has 162 valence electrons. The van der Waals surface area contributed by atoms with Crippen LogP contribution in [-0.4, -0.2) is 38.4 Å². The molecule has 0 aliphatic carbocycles. The van der Waals surface area contributed by atoms with Crippen molar-refractivity contribution in [2.75, 3.05) is 43.3 Å². The van der Waals surface area contributed by atoms with Crippen molar-refractivity contribution in [3.63, 3.8) is 0 Å². The fourth-order valence-electron chi connectivity index (χ4n) is 3.72. The normalized spacial score (nSPS) is 15.0. The Morgan fingerprint density at radius 3 is 2.87 bits per heavy atom. The van der Waals surface area contributed by atoms with Crippen LogP contribution in [0.1, 0.15) is 12.0 Å². The molecule has 2 heterocycles. The van der Waals surface area contributed by atoms with E-state index >= 15 is 0 Å². The summed E-state index contributed by atoms with van der Waals surface area (Å²) >= 11 is 0. The summed E-state index contributed by atoms with van der Waals surface area (Å²) in [6.07, 6.45) is 2.54. The number of aromatic amines is 1. The van der Waals surface area contributed by atoms with Crippen LogP contribution in [0.4, 0.5) is 11.5 Å². The van der Waals surface area contributed by atoms with E-state index in [4.69, 9.17) is 21.1 Å². The fraction of sp³-hybridized carbons (Fsp3) is 0.261. The van der Waals surface area contributed by atoms with Gasteiger partial charge in [0.1, 0.15) is 11.6 Å². The Bertz CT molecular complexity index is 1150. The van der Waals surface area contributed by atoms with E-state index in [1.165, 1.54) is 5.01 Å². The molecule has 0 saturated carbocycles. The second-order valence-corrected chi connectivity index (χ2v) is 7.39. The van der Waals surface area contributed by atoms with Gasteiger partial charge in [0.05, 0.1) is 30.6 Å². The highest BCUT2D eigenvalue weighted by atomic mass is 16.5. The Morgan fingerprint density at radius 1 is 1.19 bits per heavy atom. The number of pyridine rings is 1. The average molecular weight is 422 g/mol. The third-order valence-electron chi connectivity index (χ3n) is 5.35. The van der Waals surface area contributed by atoms with Crippen LogP contribution in [0.15, 0.2) is 59.5 Å². The molecule has 3 aromatic rings. The molecule has 1 aliphatic rings. The molecule has 0 spiro atoms. The number of methoxy groups -OCH3 is 1. The summed E-state index contributed by atoms with van der Waals surface area (Å²) in [6, 6.07) is 14.5. The molecule has 4 rings (SSSR count). The van der Waals surface area contributed by atoms with Gasteiger partial charge in [-0.05, 0) is 24.6 Å². The van der Waals surface area contributed by atoms with Gasteiger partial charge < -0.3 is 25.1 Å². The molecular formula is C23H27N5O3. The third-order valence-corrected chi connectivity index (χ3v) is 5.35. The zero-order valence-corrected chi connectivity index (χ0v) is 17.5. The van der Waals surface area contributed by atoms with Gasteiger partial charge in [0.15, 0.2) is 5.43 Å². The van der Waals surface area contributed by atoms with E-state index in [1.54, 1.807) is 25.4 Å². The Labute approximate surface area is 180 Å². The highest BCUT2D eigenvalue weighted by Gasteiger charge is 2.15. The predicted molar refractivity (Wildman–Crippen MR) is 124 cm³/mol. The first kappa shape index (κ1) is 20.8. The van der Waals surface area contributed by atoms with Crippen molar-refractivity contribution in [3.05, 3.63) is 70.5 Å². The summed E-state index contributed by atoms with van der Waals surface area (Å²) in [4.78, 5) is 18.4. The Kier molecular flexibility index (Phi) is 6.11. The van der Waals surface area contributed by atoms with E-state index < -0.39 is 0 Å². The molecule has 0 unspecified atom stereocenters. The van der Waals surface area contributed by atoms with Crippen molar-refractivity contribution >= 4 is 28.1 Å². The number of para-hydroxylation sites is 1. The molecule has 1 saturated heterocycles. The molecule has 0 bridgehead atoms. The lowest BCUT2D eigenvalue weighted by molar-refractivity contribution is 0.152. The number of ether oxygens (including phenoxy) is 2. The maximum absolute atomic E-state index is 12.8. The number of H-pyrrole nitrogens is 1. The molecule has 8 nitrogen and oxygen atoms in total. The van der Waals surface area contributed by atoms with Crippen molar-refractivity contribution < 1.29 is 9.47 Å². The molecule has 5 N–H and O–H groups in total. The maximum Gasteiger partial charge on any atom is 0.191 e. The van der Waals surface area contributed by atoms with Gasteiger partial charge in [-0.2, -0.15) is 0 Å². The average Bonchev–Trinajstić information content (AvgIpc) is 3.08. The Hall–Kier alpha value is -3.49. The Morgan fingerprint density at radius 2 is 2.03 bits per heavy atom. The zero-order chi connectivity index (χ0) is 21.8. The minimum Gasteiger partial charge on any atom is -0.497 e. The van der Waals surface area contributed by atoms with Gasteiger partial charge >= 0.3 is 0 Å². The number of hydrazine groups is 1. The number of hydrogen-bond donors (Lipinski definition) is 3. The molecule has 1 aromatic heterocycles. The minimum absolute atomic E-state index is 0.0547. The lowest BCUT2D eigenvalue weighted by Crippen LogP contribution is -2.28. The van der Waals surface area contributed by atoms with E-state index in [1.807, 2.05) is 36.4 Å². The van der Waals surface area contributed by atoms with Crippen molar-refractivity contribution in [2.24, 2.45) is 11.6 Å². The van der Waals surface area contributed by atoms with Crippen molar-refractivity contribution in [1.82, 2.24) is 4.98 Å². The first-order chi connectivity index (χ1) is 15.1. The van der Waals surface area contributed by atoms with Crippen molar-refractivity contribution in [3.8, 4) is 5.75 Å². The third kappa shape index (κ3) is 4.50. The fourth-order valence-corrected chi connectivity index (χ4v) is 3.72. The van der Waals surface area contributed by atoms with Gasteiger partial charge in [-0.3, -0.25) is 9.80 Å². The summed E-state index contributed by atoms with van der Waals surface area (Å²) < 4.78 is 10.8. The zero-order valence-electron chi connectivity index (χ0n) is 17.5. The second kappa shape index (κ2) is 9.11. The van der Waals surface area contributed by atoms with Gasteiger partial charge in [-0.25, -0.2) is 5.84 Å². The molecule has 8 heteroatoms. The molecule has 1 fully saturated rings. The smallest absolute Gasteiger partial charge is 0.191 e. The van der Waals surface area contributed by atoms with E-state index in [0.29, 0.717) is 34.5 Å². The van der Waals surface area contributed by atoms with Crippen LogP contribution in [0.25, 0.3) is 16.6 Å². The van der Waals surface area contributed by atoms with Gasteiger partial charge in [-0.1, -0.05) is 18.2 Å². The van der Waals surface area contributed by atoms with Crippen LogP contribution in [0.2, 0.25) is 0 Å². The number of rotatable bonds is 5. The summed E-state index contributed by atoms with van der Waals surface area (Å²) in [5, 5.41) is 2.01. The second-order valence-electron chi connectivity index (χ2n) is 7.39. The summed E-state index contributed by atoms with van der Waals surface area (Å²) in [5.41, 5.74) is 8.92. The van der Waals surface area contributed by atoms with Crippen LogP contribution in [0, 0.1) is 0 Å². The van der Waals surface area contributed by atoms with E-state index in [-0.39, 0.29) is 5.43 Å².